The van der Waals surface area contributed by atoms with Gasteiger partial charge in [-0.05, 0) is 43.8 Å². The van der Waals surface area contributed by atoms with Crippen molar-refractivity contribution in [3.05, 3.63) is 0 Å². The highest BCUT2D eigenvalue weighted by Gasteiger charge is 2.16. The number of hydrogen-bond donors (Lipinski definition) is 2. The Morgan fingerprint density at radius 3 is 1.81 bits per heavy atom. The summed E-state index contributed by atoms with van der Waals surface area (Å²) < 4.78 is 0. The Kier molecular flexibility index (Phi) is 8.96. The van der Waals surface area contributed by atoms with E-state index in [1.807, 2.05) is 0 Å². The Hall–Kier alpha value is -0.0800. The molecule has 0 fully saturated rings. The van der Waals surface area contributed by atoms with Gasteiger partial charge < -0.3 is 10.6 Å². The number of nitrogens with one attached hydrogen (secondary N) is 2. The van der Waals surface area contributed by atoms with Gasteiger partial charge in [0.25, 0.3) is 0 Å². The van der Waals surface area contributed by atoms with E-state index in [-0.39, 0.29) is 0 Å². The highest BCUT2D eigenvalue weighted by molar-refractivity contribution is 4.69. The Morgan fingerprint density at radius 2 is 1.38 bits per heavy atom. The molecule has 0 unspecified atom stereocenters. The van der Waals surface area contributed by atoms with Gasteiger partial charge in [-0.2, -0.15) is 0 Å². The molecule has 0 aromatic heterocycles. The van der Waals surface area contributed by atoms with Crippen LogP contribution in [0.15, 0.2) is 0 Å². The van der Waals surface area contributed by atoms with Crippen molar-refractivity contribution in [3.8, 4) is 0 Å². The molecule has 2 nitrogen and oxygen atoms in total. The molecule has 0 spiro atoms. The molecule has 2 N–H and O–H groups in total. The largest absolute Gasteiger partial charge is 0.316 e. The summed E-state index contributed by atoms with van der Waals surface area (Å²) in [5, 5.41) is 7.02. The molecule has 0 saturated heterocycles. The molecule has 0 aromatic carbocycles. The Labute approximate surface area is 103 Å². The van der Waals surface area contributed by atoms with Crippen molar-refractivity contribution in [1.82, 2.24) is 10.6 Å². The SMILES string of the molecule is CC(C)NCCCNCC(C(C)C)C(C)C. The summed E-state index contributed by atoms with van der Waals surface area (Å²) in [5.41, 5.74) is 0. The highest BCUT2D eigenvalue weighted by atomic mass is 14.9. The molecule has 0 aliphatic carbocycles. The molecule has 0 saturated carbocycles. The van der Waals surface area contributed by atoms with Crippen LogP contribution >= 0.6 is 0 Å². The molecule has 2 heteroatoms. The molecule has 0 atom stereocenters. The average Bonchev–Trinajstić information content (AvgIpc) is 2.14. The summed E-state index contributed by atoms with van der Waals surface area (Å²) in [6.45, 7) is 17.1. The molecule has 0 aliphatic heterocycles. The van der Waals surface area contributed by atoms with Crippen LogP contribution in [0.5, 0.6) is 0 Å². The summed E-state index contributed by atoms with van der Waals surface area (Å²) in [6, 6.07) is 0.610. The van der Waals surface area contributed by atoms with E-state index in [1.165, 1.54) is 6.42 Å². The van der Waals surface area contributed by atoms with Crippen molar-refractivity contribution >= 4 is 0 Å². The van der Waals surface area contributed by atoms with Crippen molar-refractivity contribution in [1.29, 1.82) is 0 Å². The van der Waals surface area contributed by atoms with E-state index >= 15 is 0 Å². The normalized spacial score (nSPS) is 12.4. The summed E-state index contributed by atoms with van der Waals surface area (Å²) in [6.07, 6.45) is 1.22. The maximum atomic E-state index is 3.58. The second-order valence-electron chi connectivity index (χ2n) is 5.82. The first-order valence-corrected chi connectivity index (χ1v) is 6.89. The van der Waals surface area contributed by atoms with Gasteiger partial charge in [-0.1, -0.05) is 41.5 Å². The molecule has 98 valence electrons. The van der Waals surface area contributed by atoms with Crippen LogP contribution in [0.2, 0.25) is 0 Å². The van der Waals surface area contributed by atoms with E-state index in [0.29, 0.717) is 6.04 Å². The zero-order valence-corrected chi connectivity index (χ0v) is 12.1. The zero-order chi connectivity index (χ0) is 12.6. The summed E-state index contributed by atoms with van der Waals surface area (Å²) in [7, 11) is 0. The van der Waals surface area contributed by atoms with E-state index in [1.54, 1.807) is 0 Å². The number of hydrogen-bond acceptors (Lipinski definition) is 2. The van der Waals surface area contributed by atoms with Crippen LogP contribution in [0, 0.1) is 17.8 Å². The predicted octanol–water partition coefficient (Wildman–Crippen LogP) is 2.89. The summed E-state index contributed by atoms with van der Waals surface area (Å²) in [5.74, 6) is 2.36. The maximum absolute atomic E-state index is 3.58. The minimum absolute atomic E-state index is 0.610. The molecular formula is C14H32N2. The minimum atomic E-state index is 0.610. The second-order valence-corrected chi connectivity index (χ2v) is 5.82. The molecule has 0 aromatic rings. The van der Waals surface area contributed by atoms with Gasteiger partial charge in [-0.3, -0.25) is 0 Å². The molecule has 0 heterocycles. The van der Waals surface area contributed by atoms with Gasteiger partial charge in [0, 0.05) is 6.04 Å². The highest BCUT2D eigenvalue weighted by Crippen LogP contribution is 2.19. The standard InChI is InChI=1S/C14H32N2/c1-11(2)14(12(3)4)10-15-8-7-9-16-13(5)6/h11-16H,7-10H2,1-6H3. The fourth-order valence-corrected chi connectivity index (χ4v) is 2.11. The fourth-order valence-electron chi connectivity index (χ4n) is 2.11. The van der Waals surface area contributed by atoms with Crippen LogP contribution in [-0.4, -0.2) is 25.7 Å². The first kappa shape index (κ1) is 15.9. The topological polar surface area (TPSA) is 24.1 Å². The van der Waals surface area contributed by atoms with Gasteiger partial charge in [0.1, 0.15) is 0 Å². The van der Waals surface area contributed by atoms with Crippen LogP contribution in [0.25, 0.3) is 0 Å². The smallest absolute Gasteiger partial charge is 0.00103 e. The lowest BCUT2D eigenvalue weighted by molar-refractivity contribution is 0.276. The van der Waals surface area contributed by atoms with Crippen molar-refractivity contribution in [3.63, 3.8) is 0 Å². The molecular weight excluding hydrogens is 196 g/mol. The summed E-state index contributed by atoms with van der Waals surface area (Å²) >= 11 is 0. The van der Waals surface area contributed by atoms with Crippen LogP contribution in [0.3, 0.4) is 0 Å². The van der Waals surface area contributed by atoms with Gasteiger partial charge in [0.2, 0.25) is 0 Å². The van der Waals surface area contributed by atoms with E-state index in [4.69, 9.17) is 0 Å². The third-order valence-corrected chi connectivity index (χ3v) is 3.18. The third-order valence-electron chi connectivity index (χ3n) is 3.18. The molecule has 0 amide bonds. The van der Waals surface area contributed by atoms with Gasteiger partial charge in [-0.25, -0.2) is 0 Å². The van der Waals surface area contributed by atoms with Crippen LogP contribution < -0.4 is 10.6 Å². The zero-order valence-electron chi connectivity index (χ0n) is 12.1. The number of rotatable bonds is 9. The van der Waals surface area contributed by atoms with Crippen LogP contribution in [-0.2, 0) is 0 Å². The lowest BCUT2D eigenvalue weighted by Gasteiger charge is -2.25. The average molecular weight is 228 g/mol. The van der Waals surface area contributed by atoms with E-state index < -0.39 is 0 Å². The minimum Gasteiger partial charge on any atom is -0.316 e. The second kappa shape index (κ2) is 9.00. The Balaban J connectivity index is 3.48. The summed E-state index contributed by atoms with van der Waals surface area (Å²) in [4.78, 5) is 0. The first-order chi connectivity index (χ1) is 7.45. The van der Waals surface area contributed by atoms with Crippen LogP contribution in [0.4, 0.5) is 0 Å². The predicted molar refractivity (Wildman–Crippen MR) is 73.8 cm³/mol. The molecule has 16 heavy (non-hydrogen) atoms. The van der Waals surface area contributed by atoms with E-state index in [2.05, 4.69) is 52.2 Å². The third kappa shape index (κ3) is 8.12. The van der Waals surface area contributed by atoms with Crippen LogP contribution in [0.1, 0.15) is 48.0 Å². The maximum Gasteiger partial charge on any atom is 0.00103 e. The van der Waals surface area contributed by atoms with Crippen molar-refractivity contribution in [2.24, 2.45) is 17.8 Å². The van der Waals surface area contributed by atoms with Crippen molar-refractivity contribution in [2.75, 3.05) is 19.6 Å². The van der Waals surface area contributed by atoms with Gasteiger partial charge in [0.05, 0.1) is 0 Å². The monoisotopic (exact) mass is 228 g/mol. The first-order valence-electron chi connectivity index (χ1n) is 6.89. The molecule has 0 bridgehead atoms. The quantitative estimate of drug-likeness (QED) is 0.593. The lowest BCUT2D eigenvalue weighted by atomic mass is 9.85. The molecule has 0 aliphatic rings. The van der Waals surface area contributed by atoms with E-state index in [9.17, 15) is 0 Å². The fraction of sp³-hybridized carbons (Fsp3) is 1.00. The van der Waals surface area contributed by atoms with Crippen molar-refractivity contribution in [2.45, 2.75) is 54.0 Å². The van der Waals surface area contributed by atoms with Gasteiger partial charge in [-0.15, -0.1) is 0 Å². The Morgan fingerprint density at radius 1 is 0.812 bits per heavy atom. The van der Waals surface area contributed by atoms with Crippen molar-refractivity contribution < 1.29 is 0 Å². The Bertz CT molecular complexity index is 145. The molecule has 0 rings (SSSR count). The molecule has 0 radical (unpaired) electrons. The van der Waals surface area contributed by atoms with Gasteiger partial charge >= 0.3 is 0 Å². The van der Waals surface area contributed by atoms with E-state index in [0.717, 1.165) is 37.4 Å². The van der Waals surface area contributed by atoms with Gasteiger partial charge in [0.15, 0.2) is 0 Å². The lowest BCUT2D eigenvalue weighted by Crippen LogP contribution is -2.32.